The van der Waals surface area contributed by atoms with Gasteiger partial charge in [0.2, 0.25) is 11.8 Å². The van der Waals surface area contributed by atoms with Crippen LogP contribution >= 0.6 is 0 Å². The number of methoxy groups -OCH3 is 1. The number of aryl methyl sites for hydroxylation is 2. The first-order valence-corrected chi connectivity index (χ1v) is 12.3. The highest BCUT2D eigenvalue weighted by Crippen LogP contribution is 2.25. The molecule has 0 saturated heterocycles. The summed E-state index contributed by atoms with van der Waals surface area (Å²) in [5.41, 5.74) is 2.86. The number of anilines is 2. The Hall–Kier alpha value is -3.43. The number of rotatable bonds is 11. The number of amides is 1. The lowest BCUT2D eigenvalue weighted by Crippen LogP contribution is -2.34. The Morgan fingerprint density at radius 3 is 2.26 bits per heavy atom. The van der Waals surface area contributed by atoms with Gasteiger partial charge in [0.1, 0.15) is 12.3 Å². The summed E-state index contributed by atoms with van der Waals surface area (Å²) < 4.78 is 38.7. The van der Waals surface area contributed by atoms with Crippen LogP contribution in [0.25, 0.3) is 0 Å². The number of carbonyl (C=O) groups is 1. The highest BCUT2D eigenvalue weighted by atomic mass is 32.2. The van der Waals surface area contributed by atoms with E-state index in [1.165, 1.54) is 4.31 Å². The monoisotopic (exact) mass is 483 g/mol. The molecule has 0 spiro atoms. The molecule has 3 rings (SSSR count). The van der Waals surface area contributed by atoms with Gasteiger partial charge in [-0.3, -0.25) is 9.10 Å². The molecule has 2 aromatic carbocycles. The zero-order valence-electron chi connectivity index (χ0n) is 19.5. The van der Waals surface area contributed by atoms with E-state index in [9.17, 15) is 13.2 Å². The Morgan fingerprint density at radius 1 is 0.971 bits per heavy atom. The first kappa shape index (κ1) is 25.2. The number of hydrogen-bond acceptors (Lipinski definition) is 6. The normalized spacial score (nSPS) is 11.1. The van der Waals surface area contributed by atoms with Crippen LogP contribution in [0.1, 0.15) is 17.5 Å². The molecule has 0 bridgehead atoms. The molecule has 0 fully saturated rings. The number of aromatic nitrogens is 1. The predicted molar refractivity (Wildman–Crippen MR) is 132 cm³/mol. The molecule has 0 atom stereocenters. The summed E-state index contributed by atoms with van der Waals surface area (Å²) in [5.74, 6) is -0.0867. The predicted octanol–water partition coefficient (Wildman–Crippen LogP) is 3.95. The van der Waals surface area contributed by atoms with E-state index in [1.54, 1.807) is 61.8 Å². The number of carbonyl (C=O) groups excluding carboxylic acids is 1. The average molecular weight is 484 g/mol. The molecule has 1 heterocycles. The highest BCUT2D eigenvalue weighted by Gasteiger charge is 2.25. The fourth-order valence-electron chi connectivity index (χ4n) is 3.17. The van der Waals surface area contributed by atoms with Crippen molar-refractivity contribution in [2.45, 2.75) is 25.2 Å². The van der Waals surface area contributed by atoms with Gasteiger partial charge in [0.05, 0.1) is 17.2 Å². The summed E-state index contributed by atoms with van der Waals surface area (Å²) in [6.45, 7) is 4.45. The maximum Gasteiger partial charge on any atom is 0.264 e. The maximum atomic E-state index is 13.5. The molecule has 0 aliphatic heterocycles. The summed E-state index contributed by atoms with van der Waals surface area (Å²) in [4.78, 5) is 17.1. The minimum Gasteiger partial charge on any atom is -0.474 e. The molecule has 0 saturated carbocycles. The van der Waals surface area contributed by atoms with Crippen molar-refractivity contribution in [1.82, 2.24) is 4.98 Å². The van der Waals surface area contributed by atoms with E-state index < -0.39 is 10.0 Å². The molecule has 3 aromatic rings. The summed E-state index contributed by atoms with van der Waals surface area (Å²) in [5, 5.41) is 2.76. The van der Waals surface area contributed by atoms with Crippen LogP contribution in [0.2, 0.25) is 0 Å². The van der Waals surface area contributed by atoms with Crippen LogP contribution in [0.3, 0.4) is 0 Å². The Labute approximate surface area is 200 Å². The van der Waals surface area contributed by atoms with Crippen LogP contribution < -0.4 is 14.4 Å². The number of hydrogen-bond donors (Lipinski definition) is 1. The molecular weight excluding hydrogens is 454 g/mol. The van der Waals surface area contributed by atoms with Gasteiger partial charge in [0.25, 0.3) is 10.0 Å². The third-order valence-electron chi connectivity index (χ3n) is 5.04. The van der Waals surface area contributed by atoms with Crippen LogP contribution in [-0.4, -0.2) is 46.2 Å². The summed E-state index contributed by atoms with van der Waals surface area (Å²) in [6.07, 6.45) is 1.50. The van der Waals surface area contributed by atoms with Crippen molar-refractivity contribution in [3.63, 3.8) is 0 Å². The number of sulfonamides is 1. The fourth-order valence-corrected chi connectivity index (χ4v) is 4.64. The van der Waals surface area contributed by atoms with Gasteiger partial charge < -0.3 is 14.8 Å². The standard InChI is InChI=1S/C25H29N3O5S/c1-19-6-10-21(11-7-19)28(34(30,31)22-12-8-20(2)9-13-22)16-14-24(29)27-23-5-4-15-26-25(23)33-18-17-32-3/h4-13,15H,14,16-18H2,1-3H3,(H,27,29). The van der Waals surface area contributed by atoms with Crippen LogP contribution in [0.5, 0.6) is 5.88 Å². The molecule has 0 aliphatic rings. The number of nitrogens with one attached hydrogen (secondary N) is 1. The zero-order valence-corrected chi connectivity index (χ0v) is 20.3. The lowest BCUT2D eigenvalue weighted by molar-refractivity contribution is -0.116. The van der Waals surface area contributed by atoms with Crippen molar-refractivity contribution in [3.8, 4) is 5.88 Å². The van der Waals surface area contributed by atoms with Crippen LogP contribution in [-0.2, 0) is 19.6 Å². The van der Waals surface area contributed by atoms with E-state index in [-0.39, 0.29) is 36.3 Å². The lowest BCUT2D eigenvalue weighted by atomic mass is 10.2. The molecule has 180 valence electrons. The molecule has 9 heteroatoms. The Balaban J connectivity index is 1.78. The molecule has 0 radical (unpaired) electrons. The molecule has 8 nitrogen and oxygen atoms in total. The first-order chi connectivity index (χ1) is 16.3. The van der Waals surface area contributed by atoms with Crippen molar-refractivity contribution in [1.29, 1.82) is 0 Å². The van der Waals surface area contributed by atoms with E-state index in [1.807, 2.05) is 26.0 Å². The van der Waals surface area contributed by atoms with Crippen molar-refractivity contribution >= 4 is 27.3 Å². The molecule has 34 heavy (non-hydrogen) atoms. The van der Waals surface area contributed by atoms with Gasteiger partial charge in [-0.2, -0.15) is 0 Å². The van der Waals surface area contributed by atoms with Gasteiger partial charge in [0.15, 0.2) is 0 Å². The summed E-state index contributed by atoms with van der Waals surface area (Å²) >= 11 is 0. The van der Waals surface area contributed by atoms with Crippen LogP contribution in [0.4, 0.5) is 11.4 Å². The minimum atomic E-state index is -3.87. The SMILES string of the molecule is COCCOc1ncccc1NC(=O)CCN(c1ccc(C)cc1)S(=O)(=O)c1ccc(C)cc1. The van der Waals surface area contributed by atoms with Gasteiger partial charge in [-0.15, -0.1) is 0 Å². The van der Waals surface area contributed by atoms with Crippen LogP contribution in [0.15, 0.2) is 71.8 Å². The zero-order chi connectivity index (χ0) is 24.6. The largest absolute Gasteiger partial charge is 0.474 e. The van der Waals surface area contributed by atoms with Gasteiger partial charge >= 0.3 is 0 Å². The average Bonchev–Trinajstić information content (AvgIpc) is 2.82. The second kappa shape index (κ2) is 11.6. The van der Waals surface area contributed by atoms with E-state index in [0.717, 1.165) is 11.1 Å². The number of nitrogens with zero attached hydrogens (tertiary/aromatic N) is 2. The quantitative estimate of drug-likeness (QED) is 0.415. The van der Waals surface area contributed by atoms with E-state index in [2.05, 4.69) is 10.3 Å². The van der Waals surface area contributed by atoms with Gasteiger partial charge in [-0.05, 0) is 50.2 Å². The Kier molecular flexibility index (Phi) is 8.61. The third kappa shape index (κ3) is 6.55. The fraction of sp³-hybridized carbons (Fsp3) is 0.280. The lowest BCUT2D eigenvalue weighted by Gasteiger charge is -2.24. The second-order valence-corrected chi connectivity index (χ2v) is 9.58. The third-order valence-corrected chi connectivity index (χ3v) is 6.89. The van der Waals surface area contributed by atoms with E-state index >= 15 is 0 Å². The summed E-state index contributed by atoms with van der Waals surface area (Å²) in [7, 11) is -2.31. The van der Waals surface area contributed by atoms with Crippen molar-refractivity contribution in [2.24, 2.45) is 0 Å². The van der Waals surface area contributed by atoms with E-state index in [0.29, 0.717) is 18.0 Å². The smallest absolute Gasteiger partial charge is 0.264 e. The van der Waals surface area contributed by atoms with Gasteiger partial charge in [-0.25, -0.2) is 13.4 Å². The maximum absolute atomic E-state index is 13.5. The van der Waals surface area contributed by atoms with Crippen molar-refractivity contribution in [2.75, 3.05) is 36.5 Å². The number of ether oxygens (including phenoxy) is 2. The molecule has 0 unspecified atom stereocenters. The van der Waals surface area contributed by atoms with Gasteiger partial charge in [-0.1, -0.05) is 35.4 Å². The Morgan fingerprint density at radius 2 is 1.62 bits per heavy atom. The second-order valence-electron chi connectivity index (χ2n) is 7.72. The topological polar surface area (TPSA) is 97.8 Å². The van der Waals surface area contributed by atoms with Gasteiger partial charge in [0, 0.05) is 26.3 Å². The van der Waals surface area contributed by atoms with Crippen molar-refractivity contribution in [3.05, 3.63) is 78.0 Å². The molecule has 0 aliphatic carbocycles. The highest BCUT2D eigenvalue weighted by molar-refractivity contribution is 7.92. The van der Waals surface area contributed by atoms with Crippen LogP contribution in [0, 0.1) is 13.8 Å². The molecule has 1 amide bonds. The minimum absolute atomic E-state index is 0.0365. The first-order valence-electron chi connectivity index (χ1n) is 10.8. The molecule has 1 aromatic heterocycles. The molecular formula is C25H29N3O5S. The number of pyridine rings is 1. The molecule has 1 N–H and O–H groups in total. The van der Waals surface area contributed by atoms with E-state index in [4.69, 9.17) is 9.47 Å². The van der Waals surface area contributed by atoms with Crippen molar-refractivity contribution < 1.29 is 22.7 Å². The summed E-state index contributed by atoms with van der Waals surface area (Å²) in [6, 6.07) is 17.2. The number of benzene rings is 2. The Bertz CT molecular complexity index is 1200.